The van der Waals surface area contributed by atoms with E-state index >= 15 is 0 Å². The highest BCUT2D eigenvalue weighted by atomic mass is 16.2. The molecule has 0 radical (unpaired) electrons. The van der Waals surface area contributed by atoms with Crippen molar-refractivity contribution in [3.63, 3.8) is 0 Å². The van der Waals surface area contributed by atoms with Gasteiger partial charge in [0.1, 0.15) is 5.52 Å². The Labute approximate surface area is 169 Å². The van der Waals surface area contributed by atoms with Gasteiger partial charge in [0, 0.05) is 5.69 Å². The van der Waals surface area contributed by atoms with Gasteiger partial charge in [0.25, 0.3) is 0 Å². The molecule has 0 aliphatic carbocycles. The van der Waals surface area contributed by atoms with Crippen molar-refractivity contribution in [2.24, 2.45) is 0 Å². The van der Waals surface area contributed by atoms with Crippen molar-refractivity contribution in [1.29, 1.82) is 0 Å². The molecule has 0 spiro atoms. The van der Waals surface area contributed by atoms with Gasteiger partial charge in [-0.3, -0.25) is 10.1 Å². The maximum Gasteiger partial charge on any atom is 0.241 e. The molecule has 2 N–H and O–H groups in total. The lowest BCUT2D eigenvalue weighted by molar-refractivity contribution is -0.118. The standard InChI is InChI=1S/C23H23N5O/c1-17-11-13-19(14-12-17)25-23(29)21(15-18-7-3-2-4-8-18)24-16-28-22-10-6-5-9-20(22)26-27-28/h2-14,21,24H,15-16H2,1H3,(H,25,29)/t21-/m0/s1. The molecule has 3 aromatic carbocycles. The first-order valence-electron chi connectivity index (χ1n) is 9.62. The van der Waals surface area contributed by atoms with Gasteiger partial charge in [-0.15, -0.1) is 5.10 Å². The third-order valence-electron chi connectivity index (χ3n) is 4.83. The molecule has 0 saturated heterocycles. The zero-order chi connectivity index (χ0) is 20.1. The number of carbonyl (C=O) groups is 1. The van der Waals surface area contributed by atoms with Crippen molar-refractivity contribution in [3.05, 3.63) is 90.0 Å². The maximum absolute atomic E-state index is 13.0. The fraction of sp³-hybridized carbons (Fsp3) is 0.174. The van der Waals surface area contributed by atoms with Crippen molar-refractivity contribution in [1.82, 2.24) is 20.3 Å². The first-order valence-corrected chi connectivity index (χ1v) is 9.62. The number of hydrogen-bond donors (Lipinski definition) is 2. The van der Waals surface area contributed by atoms with Gasteiger partial charge < -0.3 is 5.32 Å². The monoisotopic (exact) mass is 385 g/mol. The minimum atomic E-state index is -0.415. The molecule has 146 valence electrons. The summed E-state index contributed by atoms with van der Waals surface area (Å²) in [5.41, 5.74) is 4.79. The largest absolute Gasteiger partial charge is 0.325 e. The first-order chi connectivity index (χ1) is 14.2. The molecule has 29 heavy (non-hydrogen) atoms. The Morgan fingerprint density at radius 3 is 2.48 bits per heavy atom. The first kappa shape index (κ1) is 18.8. The van der Waals surface area contributed by atoms with Gasteiger partial charge in [-0.05, 0) is 43.2 Å². The topological polar surface area (TPSA) is 71.8 Å². The zero-order valence-electron chi connectivity index (χ0n) is 16.2. The third-order valence-corrected chi connectivity index (χ3v) is 4.83. The molecule has 0 aliphatic heterocycles. The van der Waals surface area contributed by atoms with Gasteiger partial charge in [0.05, 0.1) is 18.2 Å². The van der Waals surface area contributed by atoms with Crippen LogP contribution in [-0.4, -0.2) is 26.9 Å². The summed E-state index contributed by atoms with van der Waals surface area (Å²) in [5.74, 6) is -0.0814. The predicted octanol–water partition coefficient (Wildman–Crippen LogP) is 3.54. The molecule has 6 nitrogen and oxygen atoms in total. The summed E-state index contributed by atoms with van der Waals surface area (Å²) in [6, 6.07) is 25.1. The van der Waals surface area contributed by atoms with Crippen molar-refractivity contribution >= 4 is 22.6 Å². The number of hydrogen-bond acceptors (Lipinski definition) is 4. The highest BCUT2D eigenvalue weighted by Crippen LogP contribution is 2.12. The predicted molar refractivity (Wildman–Crippen MR) is 114 cm³/mol. The Balaban J connectivity index is 1.51. The summed E-state index contributed by atoms with van der Waals surface area (Å²) in [4.78, 5) is 13.0. The Morgan fingerprint density at radius 2 is 1.69 bits per heavy atom. The van der Waals surface area contributed by atoms with E-state index in [1.165, 1.54) is 0 Å². The second kappa shape index (κ2) is 8.67. The SMILES string of the molecule is Cc1ccc(NC(=O)[C@H](Cc2ccccc2)NCn2nnc3ccccc32)cc1. The van der Waals surface area contributed by atoms with Crippen LogP contribution in [0.5, 0.6) is 0 Å². The van der Waals surface area contributed by atoms with Crippen LogP contribution >= 0.6 is 0 Å². The van der Waals surface area contributed by atoms with Gasteiger partial charge in [-0.1, -0.05) is 65.4 Å². The number of anilines is 1. The van der Waals surface area contributed by atoms with Crippen LogP contribution in [0.15, 0.2) is 78.9 Å². The van der Waals surface area contributed by atoms with Crippen LogP contribution in [0.2, 0.25) is 0 Å². The summed E-state index contributed by atoms with van der Waals surface area (Å²) in [7, 11) is 0. The number of rotatable bonds is 7. The number of nitrogens with zero attached hydrogens (tertiary/aromatic N) is 3. The second-order valence-corrected chi connectivity index (χ2v) is 7.04. The average molecular weight is 385 g/mol. The van der Waals surface area contributed by atoms with Crippen molar-refractivity contribution in [3.8, 4) is 0 Å². The number of nitrogens with one attached hydrogen (secondary N) is 2. The lowest BCUT2D eigenvalue weighted by Gasteiger charge is -2.19. The number of fused-ring (bicyclic) bond motifs is 1. The minimum absolute atomic E-state index is 0.0814. The summed E-state index contributed by atoms with van der Waals surface area (Å²) >= 11 is 0. The van der Waals surface area contributed by atoms with E-state index in [1.54, 1.807) is 4.68 Å². The van der Waals surface area contributed by atoms with E-state index in [4.69, 9.17) is 0 Å². The van der Waals surface area contributed by atoms with Gasteiger partial charge in [0.15, 0.2) is 0 Å². The van der Waals surface area contributed by atoms with Crippen LogP contribution in [0, 0.1) is 6.92 Å². The van der Waals surface area contributed by atoms with Crippen LogP contribution < -0.4 is 10.6 Å². The maximum atomic E-state index is 13.0. The molecular formula is C23H23N5O. The third kappa shape index (κ3) is 4.67. The van der Waals surface area contributed by atoms with Gasteiger partial charge in [-0.25, -0.2) is 4.68 Å². The van der Waals surface area contributed by atoms with E-state index in [-0.39, 0.29) is 5.91 Å². The van der Waals surface area contributed by atoms with E-state index in [0.29, 0.717) is 13.1 Å². The van der Waals surface area contributed by atoms with E-state index in [0.717, 1.165) is 27.8 Å². The quantitative estimate of drug-likeness (QED) is 0.510. The molecule has 1 atom stereocenters. The van der Waals surface area contributed by atoms with Crippen LogP contribution in [0.25, 0.3) is 11.0 Å². The molecule has 0 bridgehead atoms. The average Bonchev–Trinajstić information content (AvgIpc) is 3.16. The van der Waals surface area contributed by atoms with Crippen molar-refractivity contribution in [2.45, 2.75) is 26.1 Å². The van der Waals surface area contributed by atoms with Crippen LogP contribution in [0.3, 0.4) is 0 Å². The van der Waals surface area contributed by atoms with E-state index in [2.05, 4.69) is 20.9 Å². The van der Waals surface area contributed by atoms with Crippen LogP contribution in [-0.2, 0) is 17.9 Å². The Kier molecular flexibility index (Phi) is 5.63. The van der Waals surface area contributed by atoms with E-state index in [9.17, 15) is 4.79 Å². The smallest absolute Gasteiger partial charge is 0.241 e. The molecule has 0 unspecified atom stereocenters. The molecule has 4 aromatic rings. The van der Waals surface area contributed by atoms with Gasteiger partial charge >= 0.3 is 0 Å². The van der Waals surface area contributed by atoms with Crippen LogP contribution in [0.4, 0.5) is 5.69 Å². The summed E-state index contributed by atoms with van der Waals surface area (Å²) in [5, 5.41) is 14.7. The number of aryl methyl sites for hydroxylation is 1. The second-order valence-electron chi connectivity index (χ2n) is 7.04. The fourth-order valence-electron chi connectivity index (χ4n) is 3.20. The van der Waals surface area contributed by atoms with E-state index < -0.39 is 6.04 Å². The van der Waals surface area contributed by atoms with E-state index in [1.807, 2.05) is 85.8 Å². The fourth-order valence-corrected chi connectivity index (χ4v) is 3.20. The van der Waals surface area contributed by atoms with Gasteiger partial charge in [0.2, 0.25) is 5.91 Å². The molecule has 4 rings (SSSR count). The lowest BCUT2D eigenvalue weighted by atomic mass is 10.1. The number of amides is 1. The molecule has 0 fully saturated rings. The highest BCUT2D eigenvalue weighted by molar-refractivity contribution is 5.95. The number of para-hydroxylation sites is 1. The number of carbonyl (C=O) groups excluding carboxylic acids is 1. The summed E-state index contributed by atoms with van der Waals surface area (Å²) in [6.45, 7) is 2.41. The number of benzene rings is 3. The minimum Gasteiger partial charge on any atom is -0.325 e. The zero-order valence-corrected chi connectivity index (χ0v) is 16.2. The molecule has 1 heterocycles. The normalized spacial score (nSPS) is 12.0. The molecule has 0 saturated carbocycles. The Morgan fingerprint density at radius 1 is 0.966 bits per heavy atom. The highest BCUT2D eigenvalue weighted by Gasteiger charge is 2.19. The number of aromatic nitrogens is 3. The van der Waals surface area contributed by atoms with Crippen molar-refractivity contribution < 1.29 is 4.79 Å². The van der Waals surface area contributed by atoms with Crippen LogP contribution in [0.1, 0.15) is 11.1 Å². The molecular weight excluding hydrogens is 362 g/mol. The molecule has 1 amide bonds. The Hall–Kier alpha value is -3.51. The molecule has 6 heteroatoms. The summed E-state index contributed by atoms with van der Waals surface area (Å²) in [6.07, 6.45) is 0.575. The molecule has 1 aromatic heterocycles. The summed E-state index contributed by atoms with van der Waals surface area (Å²) < 4.78 is 1.77. The molecule has 0 aliphatic rings. The van der Waals surface area contributed by atoms with Gasteiger partial charge in [-0.2, -0.15) is 0 Å². The lowest BCUT2D eigenvalue weighted by Crippen LogP contribution is -2.43. The Bertz CT molecular complexity index is 1090. The van der Waals surface area contributed by atoms with Crippen molar-refractivity contribution in [2.75, 3.05) is 5.32 Å².